The number of rotatable bonds is 3. The number of hydrogen-bond acceptors (Lipinski definition) is 3. The van der Waals surface area contributed by atoms with Gasteiger partial charge in [-0.3, -0.25) is 9.69 Å². The Bertz CT molecular complexity index is 494. The highest BCUT2D eigenvalue weighted by molar-refractivity contribution is 5.73. The summed E-state index contributed by atoms with van der Waals surface area (Å²) in [6.07, 6.45) is 3.68. The lowest BCUT2D eigenvalue weighted by Crippen LogP contribution is -2.37. The van der Waals surface area contributed by atoms with E-state index in [-0.39, 0.29) is 11.9 Å². The summed E-state index contributed by atoms with van der Waals surface area (Å²) in [4.78, 5) is 13.5. The standard InChI is InChI=1S/C16H23N3O/c17-14-10-15(13-4-2-1-3-12(13)14)19-7-5-11(6-8-19)9-16(18)20/h1-4,11,14-15H,5-10,17H2,(H2,18,20). The second-order valence-electron chi connectivity index (χ2n) is 6.14. The minimum absolute atomic E-state index is 0.166. The lowest BCUT2D eigenvalue weighted by Gasteiger charge is -2.36. The first-order valence-corrected chi connectivity index (χ1v) is 7.52. The Balaban J connectivity index is 1.66. The predicted octanol–water partition coefficient (Wildman–Crippen LogP) is 1.72. The molecule has 1 fully saturated rings. The maximum atomic E-state index is 11.0. The predicted molar refractivity (Wildman–Crippen MR) is 78.8 cm³/mol. The molecule has 4 N–H and O–H groups in total. The van der Waals surface area contributed by atoms with Gasteiger partial charge in [0.05, 0.1) is 0 Å². The third-order valence-electron chi connectivity index (χ3n) is 4.81. The molecule has 0 bridgehead atoms. The summed E-state index contributed by atoms with van der Waals surface area (Å²) >= 11 is 0. The molecule has 1 aliphatic carbocycles. The van der Waals surface area contributed by atoms with Crippen LogP contribution in [-0.2, 0) is 4.79 Å². The number of primary amides is 1. The average Bonchev–Trinajstić information content (AvgIpc) is 2.77. The molecule has 0 aromatic heterocycles. The van der Waals surface area contributed by atoms with E-state index in [2.05, 4.69) is 29.2 Å². The van der Waals surface area contributed by atoms with Crippen LogP contribution in [0, 0.1) is 5.92 Å². The number of nitrogens with zero attached hydrogens (tertiary/aromatic N) is 1. The SMILES string of the molecule is NC(=O)CC1CCN(C2CC(N)c3ccccc32)CC1. The van der Waals surface area contributed by atoms with Crippen molar-refractivity contribution in [1.82, 2.24) is 4.90 Å². The fourth-order valence-corrected chi connectivity index (χ4v) is 3.75. The Kier molecular flexibility index (Phi) is 3.76. The van der Waals surface area contributed by atoms with E-state index in [4.69, 9.17) is 11.5 Å². The van der Waals surface area contributed by atoms with Crippen LogP contribution < -0.4 is 11.5 Å². The van der Waals surface area contributed by atoms with Gasteiger partial charge in [-0.1, -0.05) is 24.3 Å². The first-order chi connectivity index (χ1) is 9.65. The molecule has 20 heavy (non-hydrogen) atoms. The molecule has 2 unspecified atom stereocenters. The van der Waals surface area contributed by atoms with Crippen LogP contribution in [0.5, 0.6) is 0 Å². The van der Waals surface area contributed by atoms with Crippen LogP contribution in [0.1, 0.15) is 48.9 Å². The number of fused-ring (bicyclic) bond motifs is 1. The van der Waals surface area contributed by atoms with Crippen molar-refractivity contribution >= 4 is 5.91 Å². The molecule has 2 aliphatic rings. The lowest BCUT2D eigenvalue weighted by molar-refractivity contribution is -0.119. The number of piperidine rings is 1. The summed E-state index contributed by atoms with van der Waals surface area (Å²) in [5.74, 6) is 0.297. The number of nitrogens with two attached hydrogens (primary N) is 2. The molecule has 0 saturated carbocycles. The van der Waals surface area contributed by atoms with Crippen molar-refractivity contribution in [2.45, 2.75) is 37.8 Å². The Hall–Kier alpha value is -1.39. The van der Waals surface area contributed by atoms with E-state index in [0.717, 1.165) is 32.4 Å². The van der Waals surface area contributed by atoms with Gasteiger partial charge in [-0.15, -0.1) is 0 Å². The first-order valence-electron chi connectivity index (χ1n) is 7.52. The van der Waals surface area contributed by atoms with Crippen molar-refractivity contribution in [3.63, 3.8) is 0 Å². The summed E-state index contributed by atoms with van der Waals surface area (Å²) < 4.78 is 0. The van der Waals surface area contributed by atoms with Crippen LogP contribution in [0.3, 0.4) is 0 Å². The van der Waals surface area contributed by atoms with Gasteiger partial charge >= 0.3 is 0 Å². The monoisotopic (exact) mass is 273 g/mol. The summed E-state index contributed by atoms with van der Waals surface area (Å²) in [6.45, 7) is 2.09. The number of amides is 1. The second-order valence-corrected chi connectivity index (χ2v) is 6.14. The quantitative estimate of drug-likeness (QED) is 0.880. The zero-order valence-electron chi connectivity index (χ0n) is 11.8. The van der Waals surface area contributed by atoms with E-state index in [1.54, 1.807) is 0 Å². The maximum absolute atomic E-state index is 11.0. The zero-order chi connectivity index (χ0) is 14.1. The molecular formula is C16H23N3O. The Morgan fingerprint density at radius 1 is 1.20 bits per heavy atom. The highest BCUT2D eigenvalue weighted by Crippen LogP contribution is 2.42. The van der Waals surface area contributed by atoms with Crippen LogP contribution in [0.15, 0.2) is 24.3 Å². The molecule has 1 aliphatic heterocycles. The zero-order valence-corrected chi connectivity index (χ0v) is 11.8. The summed E-state index contributed by atoms with van der Waals surface area (Å²) in [7, 11) is 0. The normalized spacial score (nSPS) is 27.4. The van der Waals surface area contributed by atoms with Gasteiger partial charge in [0, 0.05) is 18.5 Å². The largest absolute Gasteiger partial charge is 0.370 e. The Labute approximate surface area is 120 Å². The molecule has 1 heterocycles. The van der Waals surface area contributed by atoms with Crippen molar-refractivity contribution in [2.24, 2.45) is 17.4 Å². The van der Waals surface area contributed by atoms with E-state index < -0.39 is 0 Å². The number of carbonyl (C=O) groups excluding carboxylic acids is 1. The molecule has 108 valence electrons. The molecule has 0 radical (unpaired) electrons. The van der Waals surface area contributed by atoms with Crippen molar-refractivity contribution in [3.05, 3.63) is 35.4 Å². The third-order valence-corrected chi connectivity index (χ3v) is 4.81. The molecule has 0 spiro atoms. The fourth-order valence-electron chi connectivity index (χ4n) is 3.75. The topological polar surface area (TPSA) is 72.4 Å². The molecule has 1 aromatic rings. The van der Waals surface area contributed by atoms with Crippen LogP contribution in [0.2, 0.25) is 0 Å². The molecule has 4 heteroatoms. The first kappa shape index (κ1) is 13.6. The van der Waals surface area contributed by atoms with E-state index in [1.807, 2.05) is 0 Å². The van der Waals surface area contributed by atoms with Gasteiger partial charge in [-0.05, 0) is 49.4 Å². The minimum Gasteiger partial charge on any atom is -0.370 e. The number of hydrogen-bond donors (Lipinski definition) is 2. The number of carbonyl (C=O) groups is 1. The van der Waals surface area contributed by atoms with Gasteiger partial charge in [0.1, 0.15) is 0 Å². The number of benzene rings is 1. The van der Waals surface area contributed by atoms with Gasteiger partial charge in [0.25, 0.3) is 0 Å². The van der Waals surface area contributed by atoms with Crippen LogP contribution in [0.4, 0.5) is 0 Å². The Morgan fingerprint density at radius 3 is 2.50 bits per heavy atom. The summed E-state index contributed by atoms with van der Waals surface area (Å²) in [5, 5.41) is 0. The lowest BCUT2D eigenvalue weighted by atomic mass is 9.92. The molecule has 1 saturated heterocycles. The van der Waals surface area contributed by atoms with E-state index in [0.29, 0.717) is 18.4 Å². The van der Waals surface area contributed by atoms with Gasteiger partial charge in [-0.2, -0.15) is 0 Å². The van der Waals surface area contributed by atoms with E-state index in [9.17, 15) is 4.79 Å². The van der Waals surface area contributed by atoms with E-state index >= 15 is 0 Å². The average molecular weight is 273 g/mol. The summed E-state index contributed by atoms with van der Waals surface area (Å²) in [6, 6.07) is 9.15. The smallest absolute Gasteiger partial charge is 0.217 e. The fraction of sp³-hybridized carbons (Fsp3) is 0.562. The van der Waals surface area contributed by atoms with Gasteiger partial charge in [0.2, 0.25) is 5.91 Å². The molecule has 4 nitrogen and oxygen atoms in total. The van der Waals surface area contributed by atoms with Crippen molar-refractivity contribution < 1.29 is 4.79 Å². The number of likely N-dealkylation sites (tertiary alicyclic amines) is 1. The highest BCUT2D eigenvalue weighted by atomic mass is 16.1. The molecule has 1 amide bonds. The van der Waals surface area contributed by atoms with Crippen LogP contribution in [-0.4, -0.2) is 23.9 Å². The van der Waals surface area contributed by atoms with Crippen molar-refractivity contribution in [2.75, 3.05) is 13.1 Å². The van der Waals surface area contributed by atoms with E-state index in [1.165, 1.54) is 11.1 Å². The maximum Gasteiger partial charge on any atom is 0.217 e. The van der Waals surface area contributed by atoms with Crippen LogP contribution in [0.25, 0.3) is 0 Å². The third kappa shape index (κ3) is 2.58. The molecular weight excluding hydrogens is 250 g/mol. The van der Waals surface area contributed by atoms with Crippen molar-refractivity contribution in [3.8, 4) is 0 Å². The molecule has 3 rings (SSSR count). The molecule has 2 atom stereocenters. The Morgan fingerprint density at radius 2 is 1.85 bits per heavy atom. The van der Waals surface area contributed by atoms with Gasteiger partial charge in [0.15, 0.2) is 0 Å². The second kappa shape index (κ2) is 5.54. The molecule has 1 aromatic carbocycles. The highest BCUT2D eigenvalue weighted by Gasteiger charge is 2.34. The minimum atomic E-state index is -0.170. The van der Waals surface area contributed by atoms with Gasteiger partial charge < -0.3 is 11.5 Å². The van der Waals surface area contributed by atoms with Gasteiger partial charge in [-0.25, -0.2) is 0 Å². The van der Waals surface area contributed by atoms with Crippen LogP contribution >= 0.6 is 0 Å². The van der Waals surface area contributed by atoms with Crippen molar-refractivity contribution in [1.29, 1.82) is 0 Å². The summed E-state index contributed by atoms with van der Waals surface area (Å²) in [5.41, 5.74) is 14.2.